The molecule has 0 spiro atoms. The Morgan fingerprint density at radius 2 is 1.84 bits per heavy atom. The number of nitrogens with one attached hydrogen (secondary N) is 2. The van der Waals surface area contributed by atoms with Crippen LogP contribution in [-0.2, 0) is 14.8 Å². The lowest BCUT2D eigenvalue weighted by Gasteiger charge is -2.34. The number of hydrogen-bond acceptors (Lipinski definition) is 5. The Balaban J connectivity index is 1.34. The largest absolute Gasteiger partial charge is 0.345 e. The minimum Gasteiger partial charge on any atom is -0.345 e. The van der Waals surface area contributed by atoms with Crippen molar-refractivity contribution in [3.63, 3.8) is 0 Å². The molecule has 3 aromatic rings. The number of aromatic amines is 1. The fraction of sp³-hybridized carbons (Fsp3) is 0.318. The van der Waals surface area contributed by atoms with Crippen LogP contribution >= 0.6 is 0 Å². The summed E-state index contributed by atoms with van der Waals surface area (Å²) in [5.74, 6) is -0.550. The van der Waals surface area contributed by atoms with Crippen molar-refractivity contribution in [2.24, 2.45) is 0 Å². The number of aromatic nitrogens is 2. The maximum atomic E-state index is 13.1. The Kier molecular flexibility index (Phi) is 5.98. The van der Waals surface area contributed by atoms with Crippen molar-refractivity contribution < 1.29 is 18.0 Å². The molecule has 2 amide bonds. The van der Waals surface area contributed by atoms with Gasteiger partial charge in [-0.2, -0.15) is 4.31 Å². The van der Waals surface area contributed by atoms with Gasteiger partial charge in [-0.25, -0.2) is 13.4 Å². The summed E-state index contributed by atoms with van der Waals surface area (Å²) in [7, 11) is -3.71. The van der Waals surface area contributed by atoms with E-state index in [4.69, 9.17) is 0 Å². The van der Waals surface area contributed by atoms with Crippen LogP contribution < -0.4 is 5.32 Å². The van der Waals surface area contributed by atoms with Gasteiger partial charge in [0.2, 0.25) is 15.9 Å². The SMILES string of the molecule is Cc1ccc(C(=O)NCC(=O)N2CCN(S(=O)(=O)c3c[nH]c4ncccc34)CC2)cc1C. The first kappa shape index (κ1) is 22.0. The molecule has 0 bridgehead atoms. The molecule has 1 saturated heterocycles. The van der Waals surface area contributed by atoms with E-state index in [9.17, 15) is 18.0 Å². The van der Waals surface area contributed by atoms with Crippen LogP contribution in [0.1, 0.15) is 21.5 Å². The zero-order valence-corrected chi connectivity index (χ0v) is 18.8. The van der Waals surface area contributed by atoms with E-state index in [0.717, 1.165) is 11.1 Å². The number of rotatable bonds is 5. The normalized spacial score (nSPS) is 15.1. The molecule has 4 rings (SSSR count). The predicted octanol–water partition coefficient (Wildman–Crippen LogP) is 1.44. The molecular formula is C22H25N5O4S. The van der Waals surface area contributed by atoms with Crippen LogP contribution in [0.15, 0.2) is 47.6 Å². The van der Waals surface area contributed by atoms with Crippen LogP contribution in [0.3, 0.4) is 0 Å². The molecule has 1 fully saturated rings. The van der Waals surface area contributed by atoms with Crippen molar-refractivity contribution in [3.8, 4) is 0 Å². The number of pyridine rings is 1. The van der Waals surface area contributed by atoms with Gasteiger partial charge < -0.3 is 15.2 Å². The third kappa shape index (κ3) is 4.23. The number of carbonyl (C=O) groups excluding carboxylic acids is 2. The highest BCUT2D eigenvalue weighted by Crippen LogP contribution is 2.25. The van der Waals surface area contributed by atoms with Crippen molar-refractivity contribution in [2.45, 2.75) is 18.7 Å². The predicted molar refractivity (Wildman–Crippen MR) is 120 cm³/mol. The van der Waals surface area contributed by atoms with Gasteiger partial charge in [-0.1, -0.05) is 6.07 Å². The molecule has 1 aliphatic heterocycles. The number of carbonyl (C=O) groups is 2. The maximum absolute atomic E-state index is 13.1. The minimum atomic E-state index is -3.71. The first-order valence-corrected chi connectivity index (χ1v) is 11.8. The number of hydrogen-bond donors (Lipinski definition) is 2. The molecule has 9 nitrogen and oxygen atoms in total. The van der Waals surface area contributed by atoms with Gasteiger partial charge in [0.1, 0.15) is 10.5 Å². The summed E-state index contributed by atoms with van der Waals surface area (Å²) in [5, 5.41) is 3.20. The third-order valence-corrected chi connectivity index (χ3v) is 7.73. The van der Waals surface area contributed by atoms with E-state index in [1.54, 1.807) is 35.4 Å². The van der Waals surface area contributed by atoms with E-state index in [0.29, 0.717) is 16.6 Å². The number of fused-ring (bicyclic) bond motifs is 1. The number of aryl methyl sites for hydroxylation is 2. The van der Waals surface area contributed by atoms with E-state index in [1.807, 2.05) is 19.9 Å². The molecule has 0 atom stereocenters. The smallest absolute Gasteiger partial charge is 0.251 e. The lowest BCUT2D eigenvalue weighted by molar-refractivity contribution is -0.131. The summed E-state index contributed by atoms with van der Waals surface area (Å²) in [5.41, 5.74) is 3.12. The van der Waals surface area contributed by atoms with E-state index >= 15 is 0 Å². The zero-order valence-electron chi connectivity index (χ0n) is 18.0. The number of nitrogens with zero attached hydrogens (tertiary/aromatic N) is 3. The first-order valence-electron chi connectivity index (χ1n) is 10.3. The van der Waals surface area contributed by atoms with E-state index in [1.165, 1.54) is 10.5 Å². The number of piperazine rings is 1. The van der Waals surface area contributed by atoms with Gasteiger partial charge in [-0.3, -0.25) is 9.59 Å². The van der Waals surface area contributed by atoms with Crippen molar-refractivity contribution in [3.05, 3.63) is 59.4 Å². The highest BCUT2D eigenvalue weighted by Gasteiger charge is 2.32. The number of amides is 2. The Morgan fingerprint density at radius 1 is 1.09 bits per heavy atom. The van der Waals surface area contributed by atoms with Crippen molar-refractivity contribution in [2.75, 3.05) is 32.7 Å². The summed E-state index contributed by atoms with van der Waals surface area (Å²) in [4.78, 5) is 33.7. The van der Waals surface area contributed by atoms with Crippen LogP contribution in [0.25, 0.3) is 11.0 Å². The van der Waals surface area contributed by atoms with Crippen molar-refractivity contribution >= 4 is 32.9 Å². The Hall–Kier alpha value is -3.24. The highest BCUT2D eigenvalue weighted by atomic mass is 32.2. The molecule has 32 heavy (non-hydrogen) atoms. The molecule has 0 unspecified atom stereocenters. The van der Waals surface area contributed by atoms with Gasteiger partial charge >= 0.3 is 0 Å². The Labute approximate surface area is 186 Å². The van der Waals surface area contributed by atoms with E-state index in [-0.39, 0.29) is 49.4 Å². The standard InChI is InChI=1S/C22H25N5O4S/c1-15-5-6-17(12-16(15)2)22(29)25-14-20(28)26-8-10-27(11-9-26)32(30,31)19-13-24-21-18(19)4-3-7-23-21/h3-7,12-13H,8-11,14H2,1-2H3,(H,23,24)(H,25,29). The summed E-state index contributed by atoms with van der Waals surface area (Å²) in [6.45, 7) is 4.66. The molecule has 1 aromatic carbocycles. The average molecular weight is 456 g/mol. The van der Waals surface area contributed by atoms with Crippen LogP contribution in [0.4, 0.5) is 0 Å². The summed E-state index contributed by atoms with van der Waals surface area (Å²) in [6.07, 6.45) is 3.05. The monoisotopic (exact) mass is 455 g/mol. The van der Waals surface area contributed by atoms with Crippen LogP contribution in [-0.4, -0.2) is 72.1 Å². The van der Waals surface area contributed by atoms with Gasteiger partial charge in [-0.05, 0) is 49.2 Å². The lowest BCUT2D eigenvalue weighted by atomic mass is 10.1. The first-order chi connectivity index (χ1) is 15.3. The zero-order chi connectivity index (χ0) is 22.9. The Morgan fingerprint density at radius 3 is 2.56 bits per heavy atom. The molecule has 10 heteroatoms. The second-order valence-electron chi connectivity index (χ2n) is 7.82. The fourth-order valence-electron chi connectivity index (χ4n) is 3.71. The fourth-order valence-corrected chi connectivity index (χ4v) is 5.29. The molecule has 168 valence electrons. The second kappa shape index (κ2) is 8.71. The maximum Gasteiger partial charge on any atom is 0.251 e. The topological polar surface area (TPSA) is 115 Å². The molecule has 0 saturated carbocycles. The Bertz CT molecular complexity index is 1280. The van der Waals surface area contributed by atoms with Crippen molar-refractivity contribution in [1.82, 2.24) is 24.5 Å². The molecule has 0 aliphatic carbocycles. The number of sulfonamides is 1. The number of benzene rings is 1. The third-order valence-electron chi connectivity index (χ3n) is 5.79. The molecule has 2 N–H and O–H groups in total. The quantitative estimate of drug-likeness (QED) is 0.604. The van der Waals surface area contributed by atoms with Crippen LogP contribution in [0.2, 0.25) is 0 Å². The lowest BCUT2D eigenvalue weighted by Crippen LogP contribution is -2.52. The highest BCUT2D eigenvalue weighted by molar-refractivity contribution is 7.89. The van der Waals surface area contributed by atoms with Gasteiger partial charge in [0, 0.05) is 49.5 Å². The van der Waals surface area contributed by atoms with Gasteiger partial charge in [-0.15, -0.1) is 0 Å². The minimum absolute atomic E-state index is 0.132. The van der Waals surface area contributed by atoms with Gasteiger partial charge in [0.25, 0.3) is 5.91 Å². The van der Waals surface area contributed by atoms with Crippen molar-refractivity contribution in [1.29, 1.82) is 0 Å². The molecule has 3 heterocycles. The van der Waals surface area contributed by atoms with Gasteiger partial charge in [0.05, 0.1) is 6.54 Å². The summed E-state index contributed by atoms with van der Waals surface area (Å²) in [6, 6.07) is 8.79. The van der Waals surface area contributed by atoms with E-state index in [2.05, 4.69) is 15.3 Å². The van der Waals surface area contributed by atoms with Gasteiger partial charge in [0.15, 0.2) is 0 Å². The molecule has 0 radical (unpaired) electrons. The number of H-pyrrole nitrogens is 1. The molecular weight excluding hydrogens is 430 g/mol. The average Bonchev–Trinajstić information content (AvgIpc) is 3.24. The van der Waals surface area contributed by atoms with E-state index < -0.39 is 10.0 Å². The molecule has 1 aliphatic rings. The summed E-state index contributed by atoms with van der Waals surface area (Å²) >= 11 is 0. The molecule has 2 aromatic heterocycles. The van der Waals surface area contributed by atoms with Crippen LogP contribution in [0, 0.1) is 13.8 Å². The summed E-state index contributed by atoms with van der Waals surface area (Å²) < 4.78 is 27.5. The van der Waals surface area contributed by atoms with Crippen LogP contribution in [0.5, 0.6) is 0 Å². The second-order valence-corrected chi connectivity index (χ2v) is 9.73.